The molecule has 5 rings (SSSR count). The molecular weight excluding hydrogens is 277 g/mol. The molecule has 4 fully saturated rings. The van der Waals surface area contributed by atoms with Gasteiger partial charge in [-0.3, -0.25) is 0 Å². The number of halogens is 3. The smallest absolute Gasteiger partial charge is 0.394 e. The molecule has 114 valence electrons. The Labute approximate surface area is 122 Å². The van der Waals surface area contributed by atoms with E-state index in [1.807, 2.05) is 12.1 Å². The lowest BCUT2D eigenvalue weighted by molar-refractivity contribution is -0.277. The lowest BCUT2D eigenvalue weighted by Gasteiger charge is -2.62. The van der Waals surface area contributed by atoms with E-state index in [1.54, 1.807) is 12.1 Å². The molecule has 2 atom stereocenters. The summed E-state index contributed by atoms with van der Waals surface area (Å²) in [7, 11) is 0. The van der Waals surface area contributed by atoms with Crippen LogP contribution in [0.15, 0.2) is 24.3 Å². The van der Waals surface area contributed by atoms with Crippen molar-refractivity contribution in [3.63, 3.8) is 0 Å². The van der Waals surface area contributed by atoms with Crippen LogP contribution in [0.1, 0.15) is 44.1 Å². The van der Waals surface area contributed by atoms with Gasteiger partial charge >= 0.3 is 6.18 Å². The van der Waals surface area contributed by atoms with Crippen molar-refractivity contribution in [3.05, 3.63) is 29.8 Å². The molecule has 4 heteroatoms. The highest BCUT2D eigenvalue weighted by Gasteiger charge is 2.67. The number of alkyl halides is 3. The Morgan fingerprint density at radius 3 is 2.05 bits per heavy atom. The fourth-order valence-corrected chi connectivity index (χ4v) is 5.75. The molecule has 4 aliphatic carbocycles. The summed E-state index contributed by atoms with van der Waals surface area (Å²) in [5, 5.41) is 9.44. The van der Waals surface area contributed by atoms with Gasteiger partial charge in [-0.1, -0.05) is 12.1 Å². The quantitative estimate of drug-likeness (QED) is 0.789. The number of phenolic OH excluding ortho intramolecular Hbond substituents is 1. The monoisotopic (exact) mass is 296 g/mol. The van der Waals surface area contributed by atoms with Crippen LogP contribution in [-0.4, -0.2) is 11.3 Å². The fourth-order valence-electron chi connectivity index (χ4n) is 5.75. The Balaban J connectivity index is 1.78. The number of phenols is 1. The normalized spacial score (nSPS) is 41.5. The molecule has 0 radical (unpaired) electrons. The summed E-state index contributed by atoms with van der Waals surface area (Å²) in [6.45, 7) is 0. The van der Waals surface area contributed by atoms with E-state index >= 15 is 0 Å². The van der Waals surface area contributed by atoms with Crippen LogP contribution >= 0.6 is 0 Å². The highest BCUT2D eigenvalue weighted by atomic mass is 19.4. The molecule has 4 bridgehead atoms. The predicted molar refractivity (Wildman–Crippen MR) is 73.0 cm³/mol. The highest BCUT2D eigenvalue weighted by Crippen LogP contribution is 2.69. The molecule has 4 saturated carbocycles. The molecule has 21 heavy (non-hydrogen) atoms. The average molecular weight is 296 g/mol. The second kappa shape index (κ2) is 3.96. The maximum absolute atomic E-state index is 13.7. The Morgan fingerprint density at radius 1 is 0.952 bits per heavy atom. The molecule has 2 unspecified atom stereocenters. The van der Waals surface area contributed by atoms with Gasteiger partial charge < -0.3 is 5.11 Å². The predicted octanol–water partition coefficient (Wildman–Crippen LogP) is 4.79. The van der Waals surface area contributed by atoms with Crippen LogP contribution in [0.3, 0.4) is 0 Å². The van der Waals surface area contributed by atoms with Gasteiger partial charge in [-0.2, -0.15) is 13.2 Å². The van der Waals surface area contributed by atoms with Gasteiger partial charge in [0.1, 0.15) is 5.75 Å². The second-order valence-corrected chi connectivity index (χ2v) is 7.57. The summed E-state index contributed by atoms with van der Waals surface area (Å²) in [5.74, 6) is 0.595. The van der Waals surface area contributed by atoms with E-state index in [0.29, 0.717) is 12.8 Å². The van der Waals surface area contributed by atoms with E-state index in [9.17, 15) is 18.3 Å². The lowest BCUT2D eigenvalue weighted by Crippen LogP contribution is -2.59. The molecular formula is C17H19F3O. The molecule has 1 N–H and O–H groups in total. The molecule has 1 aromatic rings. The first-order chi connectivity index (χ1) is 9.82. The standard InChI is InChI=1S/C17H19F3O/c18-17(19,20)16-8-11-5-12(9-16)7-15(6-11,10-16)13-1-3-14(21)4-2-13/h1-4,11-12,21H,5-10H2. The number of rotatable bonds is 1. The maximum atomic E-state index is 13.7. The van der Waals surface area contributed by atoms with Crippen molar-refractivity contribution in [2.45, 2.75) is 50.1 Å². The first-order valence-corrected chi connectivity index (χ1v) is 7.68. The fraction of sp³-hybridized carbons (Fsp3) is 0.647. The molecule has 1 nitrogen and oxygen atoms in total. The van der Waals surface area contributed by atoms with Crippen LogP contribution in [0, 0.1) is 17.3 Å². The number of hydrogen-bond donors (Lipinski definition) is 1. The highest BCUT2D eigenvalue weighted by molar-refractivity contribution is 5.35. The summed E-state index contributed by atoms with van der Waals surface area (Å²) >= 11 is 0. The largest absolute Gasteiger partial charge is 0.508 e. The maximum Gasteiger partial charge on any atom is 0.394 e. The summed E-state index contributed by atoms with van der Waals surface area (Å²) in [6.07, 6.45) is -0.469. The summed E-state index contributed by atoms with van der Waals surface area (Å²) in [4.78, 5) is 0. The van der Waals surface area contributed by atoms with Gasteiger partial charge in [0, 0.05) is 0 Å². The van der Waals surface area contributed by atoms with E-state index in [-0.39, 0.29) is 29.4 Å². The molecule has 0 amide bonds. The van der Waals surface area contributed by atoms with Crippen LogP contribution in [-0.2, 0) is 5.41 Å². The van der Waals surface area contributed by atoms with Crippen LogP contribution in [0.4, 0.5) is 13.2 Å². The molecule has 0 saturated heterocycles. The van der Waals surface area contributed by atoms with Gasteiger partial charge in [0.05, 0.1) is 5.41 Å². The lowest BCUT2D eigenvalue weighted by atomic mass is 9.42. The van der Waals surface area contributed by atoms with E-state index < -0.39 is 11.6 Å². The van der Waals surface area contributed by atoms with Gasteiger partial charge in [0.2, 0.25) is 0 Å². The summed E-state index contributed by atoms with van der Waals surface area (Å²) in [5.41, 5.74) is -0.800. The van der Waals surface area contributed by atoms with Crippen LogP contribution in [0.25, 0.3) is 0 Å². The van der Waals surface area contributed by atoms with E-state index in [2.05, 4.69) is 0 Å². The zero-order chi connectivity index (χ0) is 14.9. The Morgan fingerprint density at radius 2 is 1.52 bits per heavy atom. The zero-order valence-electron chi connectivity index (χ0n) is 11.8. The minimum Gasteiger partial charge on any atom is -0.508 e. The van der Waals surface area contributed by atoms with Crippen LogP contribution in [0.5, 0.6) is 5.75 Å². The Bertz CT molecular complexity index is 546. The summed E-state index contributed by atoms with van der Waals surface area (Å²) in [6, 6.07) is 6.86. The third-order valence-electron chi connectivity index (χ3n) is 6.14. The molecule has 4 aliphatic rings. The third kappa shape index (κ3) is 1.84. The van der Waals surface area contributed by atoms with Crippen molar-refractivity contribution in [3.8, 4) is 5.75 Å². The minimum atomic E-state index is -4.09. The van der Waals surface area contributed by atoms with Crippen molar-refractivity contribution in [1.29, 1.82) is 0 Å². The first kappa shape index (κ1) is 13.5. The second-order valence-electron chi connectivity index (χ2n) is 7.57. The zero-order valence-corrected chi connectivity index (χ0v) is 11.8. The van der Waals surface area contributed by atoms with Crippen LogP contribution in [0.2, 0.25) is 0 Å². The van der Waals surface area contributed by atoms with E-state index in [4.69, 9.17) is 0 Å². The van der Waals surface area contributed by atoms with Gasteiger partial charge in [0.15, 0.2) is 0 Å². The SMILES string of the molecule is Oc1ccc(C23CC4CC(C2)CC(C(F)(F)F)(C4)C3)cc1. The van der Waals surface area contributed by atoms with Gasteiger partial charge in [-0.05, 0) is 73.5 Å². The number of hydrogen-bond acceptors (Lipinski definition) is 1. The van der Waals surface area contributed by atoms with Gasteiger partial charge in [-0.15, -0.1) is 0 Å². The van der Waals surface area contributed by atoms with Crippen LogP contribution < -0.4 is 0 Å². The van der Waals surface area contributed by atoms with Gasteiger partial charge in [-0.25, -0.2) is 0 Å². The Hall–Kier alpha value is -1.19. The van der Waals surface area contributed by atoms with Crippen molar-refractivity contribution in [2.75, 3.05) is 0 Å². The van der Waals surface area contributed by atoms with Crippen molar-refractivity contribution in [1.82, 2.24) is 0 Å². The van der Waals surface area contributed by atoms with E-state index in [0.717, 1.165) is 24.8 Å². The van der Waals surface area contributed by atoms with Crippen molar-refractivity contribution < 1.29 is 18.3 Å². The number of benzene rings is 1. The molecule has 0 aliphatic heterocycles. The third-order valence-corrected chi connectivity index (χ3v) is 6.14. The molecule has 0 spiro atoms. The number of aromatic hydroxyl groups is 1. The van der Waals surface area contributed by atoms with Gasteiger partial charge in [0.25, 0.3) is 0 Å². The Kier molecular flexibility index (Phi) is 2.54. The topological polar surface area (TPSA) is 20.2 Å². The minimum absolute atomic E-state index is 0.175. The van der Waals surface area contributed by atoms with E-state index in [1.165, 1.54) is 0 Å². The molecule has 0 aromatic heterocycles. The molecule has 0 heterocycles. The average Bonchev–Trinajstić information content (AvgIpc) is 2.36. The summed E-state index contributed by atoms with van der Waals surface area (Å²) < 4.78 is 41.1. The molecule has 1 aromatic carbocycles. The van der Waals surface area contributed by atoms with Crippen molar-refractivity contribution in [2.24, 2.45) is 17.3 Å². The van der Waals surface area contributed by atoms with Crippen molar-refractivity contribution >= 4 is 0 Å². The first-order valence-electron chi connectivity index (χ1n) is 7.68.